The second kappa shape index (κ2) is 5.31. The third kappa shape index (κ3) is 2.65. The fraction of sp³-hybridized carbons (Fsp3) is 0.133. The van der Waals surface area contributed by atoms with Crippen LogP contribution in [0.5, 0.6) is 0 Å². The number of fused-ring (bicyclic) bond motifs is 1. The van der Waals surface area contributed by atoms with Crippen LogP contribution in [0.3, 0.4) is 0 Å². The Morgan fingerprint density at radius 1 is 1.16 bits per heavy atom. The lowest BCUT2D eigenvalue weighted by Crippen LogP contribution is -1.98. The van der Waals surface area contributed by atoms with Gasteiger partial charge in [0.15, 0.2) is 0 Å². The summed E-state index contributed by atoms with van der Waals surface area (Å²) in [6, 6.07) is 12.6. The summed E-state index contributed by atoms with van der Waals surface area (Å²) in [6.45, 7) is 2.85. The molecule has 0 saturated heterocycles. The van der Waals surface area contributed by atoms with Crippen LogP contribution in [0, 0.1) is 6.92 Å². The first-order valence-electron chi connectivity index (χ1n) is 6.06. The van der Waals surface area contributed by atoms with Gasteiger partial charge in [0, 0.05) is 26.6 Å². The van der Waals surface area contributed by atoms with Gasteiger partial charge in [0.2, 0.25) is 0 Å². The molecule has 2 aromatic carbocycles. The molecule has 0 bridgehead atoms. The fourth-order valence-corrected chi connectivity index (χ4v) is 3.30. The Labute approximate surface area is 124 Å². The summed E-state index contributed by atoms with van der Waals surface area (Å²) in [5.41, 5.74) is 1.16. The van der Waals surface area contributed by atoms with Crippen molar-refractivity contribution in [3.63, 3.8) is 0 Å². The maximum atomic E-state index is 4.28. The number of halogens is 1. The highest BCUT2D eigenvalue weighted by molar-refractivity contribution is 9.10. The molecule has 3 rings (SSSR count). The van der Waals surface area contributed by atoms with Gasteiger partial charge in [-0.3, -0.25) is 0 Å². The Hall–Kier alpha value is -1.39. The molecule has 1 aromatic heterocycles. The van der Waals surface area contributed by atoms with E-state index in [9.17, 15) is 0 Å². The van der Waals surface area contributed by atoms with E-state index in [2.05, 4.69) is 62.6 Å². The van der Waals surface area contributed by atoms with Gasteiger partial charge in [-0.2, -0.15) is 0 Å². The molecular weight excluding hydrogens is 320 g/mol. The van der Waals surface area contributed by atoms with E-state index in [1.54, 1.807) is 11.3 Å². The first-order chi connectivity index (χ1) is 9.24. The smallest absolute Gasteiger partial charge is 0.0897 e. The number of rotatable bonds is 3. The van der Waals surface area contributed by atoms with Crippen LogP contribution in [0.2, 0.25) is 0 Å². The zero-order valence-corrected chi connectivity index (χ0v) is 12.9. The monoisotopic (exact) mass is 332 g/mol. The van der Waals surface area contributed by atoms with Crippen LogP contribution in [0.25, 0.3) is 10.8 Å². The summed E-state index contributed by atoms with van der Waals surface area (Å²) in [6.07, 6.45) is 1.94. The minimum Gasteiger partial charge on any atom is -0.380 e. The molecule has 0 amide bonds. The molecule has 0 aliphatic carbocycles. The number of hydrogen-bond donors (Lipinski definition) is 1. The number of nitrogens with zero attached hydrogens (tertiary/aromatic N) is 1. The number of aromatic nitrogens is 1. The van der Waals surface area contributed by atoms with Crippen molar-refractivity contribution in [2.45, 2.75) is 13.5 Å². The van der Waals surface area contributed by atoms with Crippen LogP contribution in [0.15, 0.2) is 47.1 Å². The van der Waals surface area contributed by atoms with Crippen molar-refractivity contribution in [1.29, 1.82) is 0 Å². The maximum Gasteiger partial charge on any atom is 0.0897 e. The Kier molecular flexibility index (Phi) is 3.53. The highest BCUT2D eigenvalue weighted by Gasteiger charge is 2.04. The number of aryl methyl sites for hydroxylation is 1. The van der Waals surface area contributed by atoms with Crippen molar-refractivity contribution in [3.8, 4) is 0 Å². The summed E-state index contributed by atoms with van der Waals surface area (Å²) in [4.78, 5) is 5.53. The normalized spacial score (nSPS) is 10.8. The largest absolute Gasteiger partial charge is 0.380 e. The van der Waals surface area contributed by atoms with Crippen LogP contribution in [-0.2, 0) is 6.54 Å². The van der Waals surface area contributed by atoms with E-state index in [-0.39, 0.29) is 0 Å². The van der Waals surface area contributed by atoms with Gasteiger partial charge in [-0.1, -0.05) is 40.2 Å². The van der Waals surface area contributed by atoms with Crippen LogP contribution in [0.4, 0.5) is 5.69 Å². The number of thiazole rings is 1. The first-order valence-corrected chi connectivity index (χ1v) is 7.67. The molecule has 0 unspecified atom stereocenters. The minimum atomic E-state index is 0.817. The fourth-order valence-electron chi connectivity index (χ4n) is 2.09. The zero-order valence-electron chi connectivity index (χ0n) is 10.5. The van der Waals surface area contributed by atoms with Crippen molar-refractivity contribution >= 4 is 43.7 Å². The maximum absolute atomic E-state index is 4.28. The molecule has 0 spiro atoms. The molecule has 0 aliphatic rings. The second-order valence-corrected chi connectivity index (χ2v) is 6.51. The van der Waals surface area contributed by atoms with E-state index in [1.165, 1.54) is 15.6 Å². The predicted octanol–water partition coefficient (Wildman–Crippen LogP) is 4.98. The van der Waals surface area contributed by atoms with E-state index >= 15 is 0 Å². The van der Waals surface area contributed by atoms with Gasteiger partial charge in [0.25, 0.3) is 0 Å². The average molecular weight is 333 g/mol. The van der Waals surface area contributed by atoms with Gasteiger partial charge in [0.1, 0.15) is 0 Å². The molecule has 1 heterocycles. The van der Waals surface area contributed by atoms with Gasteiger partial charge in [-0.15, -0.1) is 11.3 Å². The summed E-state index contributed by atoms with van der Waals surface area (Å²) < 4.78 is 1.13. The standard InChI is InChI=1S/C15H13BrN2S/c1-10-17-8-11(19-10)9-18-15-7-6-14(16)12-4-2-3-5-13(12)15/h2-8,18H,9H2,1H3. The minimum absolute atomic E-state index is 0.817. The van der Waals surface area contributed by atoms with Gasteiger partial charge in [0.05, 0.1) is 11.6 Å². The van der Waals surface area contributed by atoms with E-state index in [1.807, 2.05) is 13.1 Å². The van der Waals surface area contributed by atoms with E-state index < -0.39 is 0 Å². The van der Waals surface area contributed by atoms with Crippen molar-refractivity contribution in [3.05, 3.63) is 57.0 Å². The molecular formula is C15H13BrN2S. The molecule has 4 heteroatoms. The van der Waals surface area contributed by atoms with Gasteiger partial charge in [-0.05, 0) is 24.4 Å². The lowest BCUT2D eigenvalue weighted by molar-refractivity contribution is 1.17. The zero-order chi connectivity index (χ0) is 13.2. The van der Waals surface area contributed by atoms with Crippen LogP contribution in [0.1, 0.15) is 9.88 Å². The molecule has 0 radical (unpaired) electrons. The molecule has 0 aliphatic heterocycles. The third-order valence-corrected chi connectivity index (χ3v) is 4.60. The molecule has 1 N–H and O–H groups in total. The lowest BCUT2D eigenvalue weighted by Gasteiger charge is -2.10. The Bertz CT molecular complexity index is 721. The van der Waals surface area contributed by atoms with Crippen molar-refractivity contribution in [1.82, 2.24) is 4.98 Å². The molecule has 0 atom stereocenters. The molecule has 3 aromatic rings. The van der Waals surface area contributed by atoms with E-state index in [0.717, 1.165) is 21.7 Å². The Morgan fingerprint density at radius 3 is 2.68 bits per heavy atom. The second-order valence-electron chi connectivity index (χ2n) is 4.34. The van der Waals surface area contributed by atoms with E-state index in [0.29, 0.717) is 0 Å². The van der Waals surface area contributed by atoms with E-state index in [4.69, 9.17) is 0 Å². The Morgan fingerprint density at radius 2 is 1.95 bits per heavy atom. The highest BCUT2D eigenvalue weighted by Crippen LogP contribution is 2.30. The lowest BCUT2D eigenvalue weighted by atomic mass is 10.1. The Balaban J connectivity index is 1.91. The summed E-state index contributed by atoms with van der Waals surface area (Å²) in [5, 5.41) is 7.07. The quantitative estimate of drug-likeness (QED) is 0.731. The number of benzene rings is 2. The number of anilines is 1. The summed E-state index contributed by atoms with van der Waals surface area (Å²) in [5.74, 6) is 0. The molecule has 0 fully saturated rings. The molecule has 0 saturated carbocycles. The SMILES string of the molecule is Cc1ncc(CNc2ccc(Br)c3ccccc23)s1. The number of hydrogen-bond acceptors (Lipinski definition) is 3. The van der Waals surface area contributed by atoms with Gasteiger partial charge in [-0.25, -0.2) is 4.98 Å². The van der Waals surface area contributed by atoms with Crippen molar-refractivity contribution in [2.75, 3.05) is 5.32 Å². The first kappa shape index (κ1) is 12.6. The summed E-state index contributed by atoms with van der Waals surface area (Å²) in [7, 11) is 0. The summed E-state index contributed by atoms with van der Waals surface area (Å²) >= 11 is 5.33. The molecule has 19 heavy (non-hydrogen) atoms. The van der Waals surface area contributed by atoms with Crippen molar-refractivity contribution < 1.29 is 0 Å². The predicted molar refractivity (Wildman–Crippen MR) is 85.8 cm³/mol. The number of nitrogens with one attached hydrogen (secondary N) is 1. The van der Waals surface area contributed by atoms with Crippen LogP contribution < -0.4 is 5.32 Å². The van der Waals surface area contributed by atoms with Gasteiger partial charge >= 0.3 is 0 Å². The highest BCUT2D eigenvalue weighted by atomic mass is 79.9. The third-order valence-electron chi connectivity index (χ3n) is 2.99. The topological polar surface area (TPSA) is 24.9 Å². The van der Waals surface area contributed by atoms with Crippen molar-refractivity contribution in [2.24, 2.45) is 0 Å². The van der Waals surface area contributed by atoms with Gasteiger partial charge < -0.3 is 5.32 Å². The molecule has 2 nitrogen and oxygen atoms in total. The van der Waals surface area contributed by atoms with Crippen LogP contribution in [-0.4, -0.2) is 4.98 Å². The molecule has 96 valence electrons. The van der Waals surface area contributed by atoms with Crippen LogP contribution >= 0.6 is 27.3 Å². The average Bonchev–Trinajstić information content (AvgIpc) is 2.84.